The lowest BCUT2D eigenvalue weighted by Crippen LogP contribution is -2.21. The molecule has 2 nitrogen and oxygen atoms in total. The van der Waals surface area contributed by atoms with Crippen molar-refractivity contribution in [3.8, 4) is 0 Å². The van der Waals surface area contributed by atoms with Gasteiger partial charge in [-0.05, 0) is 37.0 Å². The van der Waals surface area contributed by atoms with Gasteiger partial charge >= 0.3 is 0 Å². The van der Waals surface area contributed by atoms with Crippen LogP contribution in [0.4, 0.5) is 0 Å². The van der Waals surface area contributed by atoms with Crippen LogP contribution in [0.1, 0.15) is 38.7 Å². The maximum absolute atomic E-state index is 5.76. The maximum Gasteiger partial charge on any atom is 0.0669 e. The fourth-order valence-electron chi connectivity index (χ4n) is 2.15. The van der Waals surface area contributed by atoms with E-state index in [1.54, 1.807) is 0 Å². The van der Waals surface area contributed by atoms with Crippen LogP contribution in [-0.2, 0) is 11.3 Å². The minimum atomic E-state index is 0.459. The van der Waals surface area contributed by atoms with Gasteiger partial charge in [-0.2, -0.15) is 0 Å². The van der Waals surface area contributed by atoms with Crippen LogP contribution >= 0.6 is 11.8 Å². The van der Waals surface area contributed by atoms with E-state index in [9.17, 15) is 0 Å². The first-order valence-electron chi connectivity index (χ1n) is 7.31. The highest BCUT2D eigenvalue weighted by molar-refractivity contribution is 7.99. The first kappa shape index (κ1) is 14.9. The largest absolute Gasteiger partial charge is 0.377 e. The summed E-state index contributed by atoms with van der Waals surface area (Å²) in [7, 11) is 0. The fourth-order valence-corrected chi connectivity index (χ4v) is 3.12. The van der Waals surface area contributed by atoms with Gasteiger partial charge < -0.3 is 10.1 Å². The lowest BCUT2D eigenvalue weighted by atomic mass is 10.1. The van der Waals surface area contributed by atoms with E-state index >= 15 is 0 Å². The Labute approximate surface area is 121 Å². The van der Waals surface area contributed by atoms with E-state index in [0.29, 0.717) is 12.1 Å². The van der Waals surface area contributed by atoms with Gasteiger partial charge in [0.2, 0.25) is 0 Å². The van der Waals surface area contributed by atoms with Gasteiger partial charge in [0.1, 0.15) is 0 Å². The Hall–Kier alpha value is -0.510. The summed E-state index contributed by atoms with van der Waals surface area (Å²) in [6, 6.07) is 9.44. The summed E-state index contributed by atoms with van der Waals surface area (Å²) in [5.41, 5.74) is 1.35. The van der Waals surface area contributed by atoms with Crippen molar-refractivity contribution in [1.29, 1.82) is 0 Å². The van der Waals surface area contributed by atoms with Crippen LogP contribution in [0.2, 0.25) is 0 Å². The molecule has 0 saturated carbocycles. The zero-order chi connectivity index (χ0) is 13.5. The van der Waals surface area contributed by atoms with E-state index in [1.807, 2.05) is 11.8 Å². The summed E-state index contributed by atoms with van der Waals surface area (Å²) < 4.78 is 5.76. The molecule has 1 aromatic rings. The van der Waals surface area contributed by atoms with Crippen molar-refractivity contribution in [1.82, 2.24) is 5.32 Å². The molecule has 1 heterocycles. The van der Waals surface area contributed by atoms with Crippen molar-refractivity contribution in [3.63, 3.8) is 0 Å². The molecular weight excluding hydrogens is 254 g/mol. The molecule has 1 aliphatic rings. The summed E-state index contributed by atoms with van der Waals surface area (Å²) in [5, 5.41) is 3.44. The second-order valence-electron chi connectivity index (χ2n) is 5.48. The summed E-state index contributed by atoms with van der Waals surface area (Å²) in [5.74, 6) is 1.09. The third kappa shape index (κ3) is 5.55. The third-order valence-corrected chi connectivity index (χ3v) is 4.49. The summed E-state index contributed by atoms with van der Waals surface area (Å²) in [6.07, 6.45) is 4.24. The fraction of sp³-hybridized carbons (Fsp3) is 0.625. The average Bonchev–Trinajstić information content (AvgIpc) is 2.45. The second-order valence-corrected chi connectivity index (χ2v) is 6.57. The molecule has 1 unspecified atom stereocenters. The van der Waals surface area contributed by atoms with Crippen molar-refractivity contribution in [2.75, 3.05) is 12.4 Å². The number of hydrogen-bond acceptors (Lipinski definition) is 3. The van der Waals surface area contributed by atoms with Crippen LogP contribution in [0.5, 0.6) is 0 Å². The van der Waals surface area contributed by atoms with Crippen molar-refractivity contribution in [2.45, 2.75) is 56.7 Å². The Morgan fingerprint density at radius 1 is 1.26 bits per heavy atom. The van der Waals surface area contributed by atoms with Crippen LogP contribution in [0.15, 0.2) is 29.2 Å². The van der Waals surface area contributed by atoms with Gasteiger partial charge in [-0.25, -0.2) is 0 Å². The molecular formula is C16H25NOS. The highest BCUT2D eigenvalue weighted by atomic mass is 32.2. The van der Waals surface area contributed by atoms with E-state index in [2.05, 4.69) is 43.4 Å². The molecule has 0 radical (unpaired) electrons. The van der Waals surface area contributed by atoms with Gasteiger partial charge in [0.25, 0.3) is 0 Å². The molecule has 1 fully saturated rings. The van der Waals surface area contributed by atoms with Gasteiger partial charge in [-0.1, -0.05) is 26.0 Å². The molecule has 1 saturated heterocycles. The average molecular weight is 279 g/mol. The minimum Gasteiger partial charge on any atom is -0.377 e. The SMILES string of the molecule is CC(C)NCc1ccc(SCC2CCCCO2)cc1. The van der Waals surface area contributed by atoms with Crippen LogP contribution < -0.4 is 5.32 Å². The van der Waals surface area contributed by atoms with Crippen LogP contribution in [0, 0.1) is 0 Å². The number of benzene rings is 1. The first-order valence-corrected chi connectivity index (χ1v) is 8.29. The molecule has 1 aliphatic heterocycles. The van der Waals surface area contributed by atoms with Crippen LogP contribution in [0.25, 0.3) is 0 Å². The maximum atomic E-state index is 5.76. The molecule has 2 rings (SSSR count). The van der Waals surface area contributed by atoms with Gasteiger partial charge in [0, 0.05) is 29.8 Å². The van der Waals surface area contributed by atoms with Crippen molar-refractivity contribution in [3.05, 3.63) is 29.8 Å². The Bertz CT molecular complexity index is 358. The number of rotatable bonds is 6. The van der Waals surface area contributed by atoms with Crippen molar-refractivity contribution in [2.24, 2.45) is 0 Å². The number of hydrogen-bond donors (Lipinski definition) is 1. The van der Waals surface area contributed by atoms with Gasteiger partial charge in [-0.15, -0.1) is 11.8 Å². The Morgan fingerprint density at radius 2 is 2.05 bits per heavy atom. The normalized spacial score (nSPS) is 19.8. The predicted octanol–water partition coefficient (Wildman–Crippen LogP) is 3.85. The summed E-state index contributed by atoms with van der Waals surface area (Å²) >= 11 is 1.91. The lowest BCUT2D eigenvalue weighted by Gasteiger charge is -2.22. The molecule has 1 atom stereocenters. The topological polar surface area (TPSA) is 21.3 Å². The summed E-state index contributed by atoms with van der Waals surface area (Å²) in [4.78, 5) is 1.35. The number of ether oxygens (including phenoxy) is 1. The molecule has 0 aromatic heterocycles. The smallest absolute Gasteiger partial charge is 0.0669 e. The predicted molar refractivity (Wildman–Crippen MR) is 82.7 cm³/mol. The molecule has 0 spiro atoms. The molecule has 19 heavy (non-hydrogen) atoms. The van der Waals surface area contributed by atoms with Crippen molar-refractivity contribution >= 4 is 11.8 Å². The molecule has 0 amide bonds. The second kappa shape index (κ2) is 7.93. The zero-order valence-electron chi connectivity index (χ0n) is 12.0. The quantitative estimate of drug-likeness (QED) is 0.799. The Balaban J connectivity index is 1.74. The van der Waals surface area contributed by atoms with Gasteiger partial charge in [-0.3, -0.25) is 0 Å². The molecule has 1 aromatic carbocycles. The van der Waals surface area contributed by atoms with E-state index in [-0.39, 0.29) is 0 Å². The van der Waals surface area contributed by atoms with E-state index in [0.717, 1.165) is 18.9 Å². The molecule has 106 valence electrons. The van der Waals surface area contributed by atoms with Gasteiger partial charge in [0.15, 0.2) is 0 Å². The van der Waals surface area contributed by atoms with Gasteiger partial charge in [0.05, 0.1) is 6.10 Å². The van der Waals surface area contributed by atoms with E-state index in [1.165, 1.54) is 29.7 Å². The zero-order valence-corrected chi connectivity index (χ0v) is 12.8. The molecule has 3 heteroatoms. The van der Waals surface area contributed by atoms with E-state index < -0.39 is 0 Å². The Morgan fingerprint density at radius 3 is 2.68 bits per heavy atom. The molecule has 0 aliphatic carbocycles. The molecule has 1 N–H and O–H groups in total. The highest BCUT2D eigenvalue weighted by Crippen LogP contribution is 2.23. The minimum absolute atomic E-state index is 0.459. The third-order valence-electron chi connectivity index (χ3n) is 3.35. The molecule has 0 bridgehead atoms. The van der Waals surface area contributed by atoms with E-state index in [4.69, 9.17) is 4.74 Å². The lowest BCUT2D eigenvalue weighted by molar-refractivity contribution is 0.0315. The summed E-state index contributed by atoms with van der Waals surface area (Å²) in [6.45, 7) is 6.25. The number of nitrogens with one attached hydrogen (secondary N) is 1. The van der Waals surface area contributed by atoms with Crippen LogP contribution in [0.3, 0.4) is 0 Å². The monoisotopic (exact) mass is 279 g/mol. The standard InChI is InChI=1S/C16H25NOS/c1-13(2)17-11-14-6-8-16(9-7-14)19-12-15-5-3-4-10-18-15/h6-9,13,15,17H,3-5,10-12H2,1-2H3. The highest BCUT2D eigenvalue weighted by Gasteiger charge is 2.13. The van der Waals surface area contributed by atoms with Crippen LogP contribution in [-0.4, -0.2) is 24.5 Å². The Kier molecular flexibility index (Phi) is 6.21. The number of thioether (sulfide) groups is 1. The first-order chi connectivity index (χ1) is 9.24. The van der Waals surface area contributed by atoms with Crippen molar-refractivity contribution < 1.29 is 4.74 Å².